The molecular weight excluding hydrogens is 775 g/mol. The van der Waals surface area contributed by atoms with Crippen LogP contribution in [0, 0.1) is 0 Å². The van der Waals surface area contributed by atoms with Crippen LogP contribution in [0.5, 0.6) is 0 Å². The summed E-state index contributed by atoms with van der Waals surface area (Å²) in [6.45, 7) is 0. The Bertz CT molecular complexity index is 4300. The van der Waals surface area contributed by atoms with E-state index in [0.29, 0.717) is 59.9 Å². The Morgan fingerprint density at radius 1 is 0.403 bits per heavy atom. The molecule has 0 aliphatic heterocycles. The molecule has 4 nitrogen and oxygen atoms in total. The van der Waals surface area contributed by atoms with Gasteiger partial charge in [0.25, 0.3) is 0 Å². The third-order valence-corrected chi connectivity index (χ3v) is 12.9. The Morgan fingerprint density at radius 3 is 1.94 bits per heavy atom. The van der Waals surface area contributed by atoms with Gasteiger partial charge in [0.2, 0.25) is 0 Å². The molecule has 0 spiro atoms. The predicted octanol–water partition coefficient (Wildman–Crippen LogP) is 15.9. The van der Waals surface area contributed by atoms with Crippen LogP contribution in [-0.4, -0.2) is 15.0 Å². The van der Waals surface area contributed by atoms with Crippen LogP contribution >= 0.6 is 11.3 Å². The second-order valence-corrected chi connectivity index (χ2v) is 16.4. The summed E-state index contributed by atoms with van der Waals surface area (Å²) in [5, 5.41) is 8.94. The van der Waals surface area contributed by atoms with E-state index in [0.717, 1.165) is 65.6 Å². The Labute approximate surface area is 368 Å². The normalized spacial score (nSPS) is 13.2. The number of furan rings is 1. The standard InChI is InChI=1S/C57H33N3OS/c1-2-11-34(12-3-1)37-14-8-15-38(31-37)55-58-56(39-24-23-36-26-28-42-41-16-5-4-13-35(41)25-29-43(42)49(36)32-39)60-57(59-55)40-27-30-48-52(33-40)62-51-22-10-18-45(53(48)51)47-20-9-19-46-44-17-6-7-21-50(44)61-54(46)47/h1-33H/i10D,18D,22D,27D,30D,33D. The van der Waals surface area contributed by atoms with Gasteiger partial charge < -0.3 is 4.42 Å². The smallest absolute Gasteiger partial charge is 0.164 e. The zero-order chi connectivity index (χ0) is 45.9. The lowest BCUT2D eigenvalue weighted by molar-refractivity contribution is 0.670. The number of hydrogen-bond donors (Lipinski definition) is 0. The molecule has 0 aliphatic rings. The first-order valence-corrected chi connectivity index (χ1v) is 21.2. The number of thiophene rings is 1. The quantitative estimate of drug-likeness (QED) is 0.162. The van der Waals surface area contributed by atoms with Crippen LogP contribution in [0.15, 0.2) is 204 Å². The van der Waals surface area contributed by atoms with E-state index < -0.39 is 0 Å². The highest BCUT2D eigenvalue weighted by Gasteiger charge is 2.19. The van der Waals surface area contributed by atoms with Crippen LogP contribution in [0.25, 0.3) is 131 Å². The highest BCUT2D eigenvalue weighted by Crippen LogP contribution is 2.44. The summed E-state index contributed by atoms with van der Waals surface area (Å²) in [4.78, 5) is 15.2. The van der Waals surface area contributed by atoms with Crippen molar-refractivity contribution < 1.29 is 12.6 Å². The lowest BCUT2D eigenvalue weighted by atomic mass is 9.96. The first-order valence-electron chi connectivity index (χ1n) is 23.3. The lowest BCUT2D eigenvalue weighted by Crippen LogP contribution is -2.00. The van der Waals surface area contributed by atoms with Crippen LogP contribution in [0.3, 0.4) is 0 Å². The van der Waals surface area contributed by atoms with Crippen molar-refractivity contribution in [2.45, 2.75) is 0 Å². The molecule has 0 aliphatic carbocycles. The van der Waals surface area contributed by atoms with Gasteiger partial charge in [0, 0.05) is 53.2 Å². The van der Waals surface area contributed by atoms with Crippen molar-refractivity contribution in [2.24, 2.45) is 0 Å². The molecule has 0 saturated heterocycles. The third kappa shape index (κ3) is 5.56. The van der Waals surface area contributed by atoms with Crippen LogP contribution in [0.4, 0.5) is 0 Å². The van der Waals surface area contributed by atoms with E-state index in [1.54, 1.807) is 0 Å². The van der Waals surface area contributed by atoms with E-state index in [9.17, 15) is 5.48 Å². The van der Waals surface area contributed by atoms with Gasteiger partial charge in [0.15, 0.2) is 17.5 Å². The average molecular weight is 814 g/mol. The van der Waals surface area contributed by atoms with Gasteiger partial charge in [-0.25, -0.2) is 15.0 Å². The second kappa shape index (κ2) is 13.8. The van der Waals surface area contributed by atoms with E-state index in [1.807, 2.05) is 109 Å². The molecule has 0 unspecified atom stereocenters. The zero-order valence-corrected chi connectivity index (χ0v) is 33.6. The van der Waals surface area contributed by atoms with Gasteiger partial charge in [-0.3, -0.25) is 0 Å². The van der Waals surface area contributed by atoms with E-state index in [-0.39, 0.29) is 53.0 Å². The molecule has 5 heteroatoms. The van der Waals surface area contributed by atoms with Gasteiger partial charge in [-0.15, -0.1) is 11.3 Å². The summed E-state index contributed by atoms with van der Waals surface area (Å²) in [6.07, 6.45) is 0. The number of para-hydroxylation sites is 2. The van der Waals surface area contributed by atoms with Gasteiger partial charge >= 0.3 is 0 Å². The van der Waals surface area contributed by atoms with Crippen molar-refractivity contribution in [2.75, 3.05) is 0 Å². The van der Waals surface area contributed by atoms with Gasteiger partial charge in [-0.05, 0) is 79.3 Å². The fraction of sp³-hybridized carbons (Fsp3) is 0. The molecule has 0 amide bonds. The highest BCUT2D eigenvalue weighted by atomic mass is 32.1. The van der Waals surface area contributed by atoms with Crippen LogP contribution in [0.1, 0.15) is 8.22 Å². The Kier molecular flexibility index (Phi) is 6.51. The second-order valence-electron chi connectivity index (χ2n) is 15.4. The maximum Gasteiger partial charge on any atom is 0.164 e. The van der Waals surface area contributed by atoms with Gasteiger partial charge in [0.1, 0.15) is 11.2 Å². The Balaban J connectivity index is 1.06. The molecule has 13 aromatic rings. The van der Waals surface area contributed by atoms with Crippen molar-refractivity contribution in [1.82, 2.24) is 15.0 Å². The number of hydrogen-bond acceptors (Lipinski definition) is 5. The predicted molar refractivity (Wildman–Crippen MR) is 260 cm³/mol. The molecule has 13 rings (SSSR count). The molecule has 0 radical (unpaired) electrons. The summed E-state index contributed by atoms with van der Waals surface area (Å²) >= 11 is 1.11. The van der Waals surface area contributed by atoms with Crippen molar-refractivity contribution in [3.05, 3.63) is 200 Å². The highest BCUT2D eigenvalue weighted by molar-refractivity contribution is 7.26. The Hall–Kier alpha value is -7.99. The fourth-order valence-corrected chi connectivity index (χ4v) is 9.90. The third-order valence-electron chi connectivity index (χ3n) is 11.8. The number of aromatic nitrogens is 3. The van der Waals surface area contributed by atoms with Gasteiger partial charge in [-0.2, -0.15) is 0 Å². The zero-order valence-electron chi connectivity index (χ0n) is 38.7. The topological polar surface area (TPSA) is 51.8 Å². The first kappa shape index (κ1) is 29.3. The average Bonchev–Trinajstić information content (AvgIpc) is 3.98. The number of fused-ring (bicyclic) bond motifs is 11. The van der Waals surface area contributed by atoms with Crippen molar-refractivity contribution in [3.8, 4) is 56.4 Å². The fourth-order valence-electron chi connectivity index (χ4n) is 8.88. The molecule has 3 aromatic heterocycles. The van der Waals surface area contributed by atoms with E-state index in [1.165, 1.54) is 0 Å². The maximum absolute atomic E-state index is 9.90. The van der Waals surface area contributed by atoms with E-state index >= 15 is 0 Å². The summed E-state index contributed by atoms with van der Waals surface area (Å²) in [6, 6.07) is 53.1. The summed E-state index contributed by atoms with van der Waals surface area (Å²) < 4.78 is 63.9. The molecule has 0 fully saturated rings. The molecule has 10 aromatic carbocycles. The minimum absolute atomic E-state index is 0.0422. The minimum atomic E-state index is -0.280. The summed E-state index contributed by atoms with van der Waals surface area (Å²) in [5.41, 5.74) is 5.46. The number of rotatable bonds is 5. The van der Waals surface area contributed by atoms with Crippen LogP contribution in [0.2, 0.25) is 0 Å². The molecule has 0 atom stereocenters. The van der Waals surface area contributed by atoms with Crippen molar-refractivity contribution in [3.63, 3.8) is 0 Å². The minimum Gasteiger partial charge on any atom is -0.455 e. The van der Waals surface area contributed by atoms with Crippen molar-refractivity contribution >= 4 is 85.8 Å². The summed E-state index contributed by atoms with van der Waals surface area (Å²) in [7, 11) is 0. The molecule has 62 heavy (non-hydrogen) atoms. The molecule has 0 bridgehead atoms. The first-order chi connectivity index (χ1) is 33.2. The monoisotopic (exact) mass is 813 g/mol. The van der Waals surface area contributed by atoms with E-state index in [2.05, 4.69) is 54.6 Å². The Morgan fingerprint density at radius 2 is 1.06 bits per heavy atom. The molecular formula is C57H33N3OS. The lowest BCUT2D eigenvalue weighted by Gasteiger charge is -2.12. The summed E-state index contributed by atoms with van der Waals surface area (Å²) in [5.74, 6) is 0.729. The van der Waals surface area contributed by atoms with E-state index in [4.69, 9.17) is 22.1 Å². The van der Waals surface area contributed by atoms with Gasteiger partial charge in [-0.1, -0.05) is 170 Å². The van der Waals surface area contributed by atoms with Crippen LogP contribution in [-0.2, 0) is 0 Å². The SMILES string of the molecule is [2H]c1c([2H])c(-c2cccc3c2oc2ccccc23)c2c(sc3c([2H])c(-c4nc(-c5cccc(-c6ccccc6)c5)nc(-c5ccc6ccc7c8ccccc8ccc7c6c5)n4)c([2H])c([2H])c32)c1[2H]. The molecule has 0 N–H and O–H groups in total. The van der Waals surface area contributed by atoms with Crippen molar-refractivity contribution in [1.29, 1.82) is 0 Å². The van der Waals surface area contributed by atoms with Gasteiger partial charge in [0.05, 0.1) is 8.22 Å². The number of benzene rings is 10. The maximum atomic E-state index is 9.90. The largest absolute Gasteiger partial charge is 0.455 e. The van der Waals surface area contributed by atoms with Crippen LogP contribution < -0.4 is 0 Å². The molecule has 3 heterocycles. The molecule has 288 valence electrons. The number of nitrogens with zero attached hydrogens (tertiary/aromatic N) is 3. The molecule has 0 saturated carbocycles.